The number of aromatic amines is 1. The Kier molecular flexibility index (Phi) is 2.91. The van der Waals surface area contributed by atoms with E-state index in [9.17, 15) is 9.59 Å². The molecule has 2 rings (SSSR count). The van der Waals surface area contributed by atoms with Gasteiger partial charge in [0.1, 0.15) is 5.56 Å². The van der Waals surface area contributed by atoms with E-state index in [0.29, 0.717) is 5.69 Å². The molecule has 5 nitrogen and oxygen atoms in total. The van der Waals surface area contributed by atoms with Crippen molar-refractivity contribution in [1.29, 1.82) is 0 Å². The van der Waals surface area contributed by atoms with E-state index in [0.717, 1.165) is 5.69 Å². The van der Waals surface area contributed by atoms with E-state index in [4.69, 9.17) is 5.73 Å². The Labute approximate surface area is 97.3 Å². The number of aromatic nitrogens is 1. The highest BCUT2D eigenvalue weighted by molar-refractivity contribution is 5.98. The SMILES string of the molecule is NC(=O)c1c(Nc2ccccc2)cc[nH]c1=O. The molecular weight excluding hydrogens is 218 g/mol. The number of para-hydroxylation sites is 1. The molecular formula is C12H11N3O2. The number of pyridine rings is 1. The van der Waals surface area contributed by atoms with E-state index >= 15 is 0 Å². The van der Waals surface area contributed by atoms with Crippen molar-refractivity contribution in [3.05, 3.63) is 58.5 Å². The first-order valence-corrected chi connectivity index (χ1v) is 5.02. The number of benzene rings is 1. The van der Waals surface area contributed by atoms with E-state index < -0.39 is 11.5 Å². The first-order chi connectivity index (χ1) is 8.18. The van der Waals surface area contributed by atoms with Gasteiger partial charge in [-0.3, -0.25) is 9.59 Å². The van der Waals surface area contributed by atoms with Crippen molar-refractivity contribution in [1.82, 2.24) is 4.98 Å². The Bertz CT molecular complexity index is 590. The molecule has 0 spiro atoms. The molecule has 0 saturated heterocycles. The monoisotopic (exact) mass is 229 g/mol. The van der Waals surface area contributed by atoms with Crippen LogP contribution < -0.4 is 16.6 Å². The van der Waals surface area contributed by atoms with Crippen LogP contribution in [0.2, 0.25) is 0 Å². The lowest BCUT2D eigenvalue weighted by molar-refractivity contribution is 0.0999. The maximum Gasteiger partial charge on any atom is 0.262 e. The third-order valence-electron chi connectivity index (χ3n) is 2.26. The summed E-state index contributed by atoms with van der Waals surface area (Å²) in [6, 6.07) is 10.8. The predicted octanol–water partition coefficient (Wildman–Crippen LogP) is 1.22. The molecule has 86 valence electrons. The molecule has 1 heterocycles. The lowest BCUT2D eigenvalue weighted by atomic mass is 10.2. The number of nitrogens with two attached hydrogens (primary N) is 1. The van der Waals surface area contributed by atoms with Gasteiger partial charge in [-0.25, -0.2) is 0 Å². The number of primary amides is 1. The normalized spacial score (nSPS) is 9.88. The first kappa shape index (κ1) is 10.9. The summed E-state index contributed by atoms with van der Waals surface area (Å²) < 4.78 is 0. The van der Waals surface area contributed by atoms with Crippen LogP contribution in [0, 0.1) is 0 Å². The molecule has 0 aliphatic carbocycles. The fourth-order valence-corrected chi connectivity index (χ4v) is 1.50. The van der Waals surface area contributed by atoms with Crippen molar-refractivity contribution in [2.45, 2.75) is 0 Å². The molecule has 0 fully saturated rings. The van der Waals surface area contributed by atoms with Gasteiger partial charge in [-0.1, -0.05) is 18.2 Å². The van der Waals surface area contributed by atoms with Gasteiger partial charge >= 0.3 is 0 Å². The highest BCUT2D eigenvalue weighted by atomic mass is 16.2. The summed E-state index contributed by atoms with van der Waals surface area (Å²) >= 11 is 0. The molecule has 0 aliphatic heterocycles. The van der Waals surface area contributed by atoms with Gasteiger partial charge in [-0.2, -0.15) is 0 Å². The minimum absolute atomic E-state index is 0.0728. The van der Waals surface area contributed by atoms with E-state index in [-0.39, 0.29) is 5.56 Å². The van der Waals surface area contributed by atoms with Crippen molar-refractivity contribution < 1.29 is 4.79 Å². The Morgan fingerprint density at radius 2 is 1.88 bits per heavy atom. The van der Waals surface area contributed by atoms with Crippen LogP contribution in [0.3, 0.4) is 0 Å². The number of nitrogens with one attached hydrogen (secondary N) is 2. The zero-order valence-electron chi connectivity index (χ0n) is 8.94. The van der Waals surface area contributed by atoms with Crippen LogP contribution in [0.4, 0.5) is 11.4 Å². The smallest absolute Gasteiger partial charge is 0.262 e. The Morgan fingerprint density at radius 3 is 2.53 bits per heavy atom. The van der Waals surface area contributed by atoms with E-state index in [1.165, 1.54) is 6.20 Å². The van der Waals surface area contributed by atoms with Crippen LogP contribution in [0.15, 0.2) is 47.4 Å². The van der Waals surface area contributed by atoms with Gasteiger partial charge in [0.25, 0.3) is 11.5 Å². The summed E-state index contributed by atoms with van der Waals surface area (Å²) in [6.45, 7) is 0. The van der Waals surface area contributed by atoms with Crippen LogP contribution in [0.1, 0.15) is 10.4 Å². The van der Waals surface area contributed by atoms with E-state index in [1.807, 2.05) is 30.3 Å². The second kappa shape index (κ2) is 4.52. The fourth-order valence-electron chi connectivity index (χ4n) is 1.50. The number of hydrogen-bond donors (Lipinski definition) is 3. The van der Waals surface area contributed by atoms with Gasteiger partial charge < -0.3 is 16.0 Å². The Balaban J connectivity index is 2.43. The molecule has 5 heteroatoms. The second-order valence-corrected chi connectivity index (χ2v) is 3.45. The minimum Gasteiger partial charge on any atom is -0.365 e. The van der Waals surface area contributed by atoms with Gasteiger partial charge in [0, 0.05) is 11.9 Å². The third kappa shape index (κ3) is 2.34. The molecule has 0 atom stereocenters. The standard InChI is InChI=1S/C12H11N3O2/c13-11(16)10-9(6-7-14-12(10)17)15-8-4-2-1-3-5-8/h1-7H,(H2,13,16)(H2,14,15,17). The minimum atomic E-state index is -0.759. The second-order valence-electron chi connectivity index (χ2n) is 3.45. The Hall–Kier alpha value is -2.56. The van der Waals surface area contributed by atoms with Crippen molar-refractivity contribution in [3.63, 3.8) is 0 Å². The van der Waals surface area contributed by atoms with E-state index in [2.05, 4.69) is 10.3 Å². The summed E-state index contributed by atoms with van der Waals surface area (Å²) in [5.74, 6) is -0.759. The van der Waals surface area contributed by atoms with Gasteiger partial charge in [-0.15, -0.1) is 0 Å². The maximum absolute atomic E-state index is 11.5. The molecule has 1 aromatic heterocycles. The molecule has 0 radical (unpaired) electrons. The number of rotatable bonds is 3. The number of H-pyrrole nitrogens is 1. The molecule has 2 aromatic rings. The number of anilines is 2. The topological polar surface area (TPSA) is 88.0 Å². The van der Waals surface area contributed by atoms with E-state index in [1.54, 1.807) is 6.07 Å². The van der Waals surface area contributed by atoms with Crippen LogP contribution >= 0.6 is 0 Å². The molecule has 1 aromatic carbocycles. The number of hydrogen-bond acceptors (Lipinski definition) is 3. The molecule has 17 heavy (non-hydrogen) atoms. The van der Waals surface area contributed by atoms with Crippen molar-refractivity contribution in [3.8, 4) is 0 Å². The predicted molar refractivity (Wildman–Crippen MR) is 65.3 cm³/mol. The van der Waals surface area contributed by atoms with Gasteiger partial charge in [0.15, 0.2) is 0 Å². The molecule has 0 saturated carbocycles. The average molecular weight is 229 g/mol. The zero-order valence-corrected chi connectivity index (χ0v) is 8.94. The van der Waals surface area contributed by atoms with Crippen LogP contribution in [-0.4, -0.2) is 10.9 Å². The quantitative estimate of drug-likeness (QED) is 0.739. The molecule has 0 unspecified atom stereocenters. The summed E-state index contributed by atoms with van der Waals surface area (Å²) in [5.41, 5.74) is 5.77. The average Bonchev–Trinajstić information content (AvgIpc) is 2.30. The summed E-state index contributed by atoms with van der Waals surface area (Å²) in [4.78, 5) is 25.1. The summed E-state index contributed by atoms with van der Waals surface area (Å²) in [5, 5.41) is 2.97. The first-order valence-electron chi connectivity index (χ1n) is 5.02. The van der Waals surface area contributed by atoms with Crippen molar-refractivity contribution in [2.24, 2.45) is 5.73 Å². The van der Waals surface area contributed by atoms with Crippen LogP contribution in [-0.2, 0) is 0 Å². The molecule has 1 amide bonds. The highest BCUT2D eigenvalue weighted by Crippen LogP contribution is 2.17. The number of carbonyl (C=O) groups is 1. The number of carbonyl (C=O) groups excluding carboxylic acids is 1. The fraction of sp³-hybridized carbons (Fsp3) is 0. The Morgan fingerprint density at radius 1 is 1.18 bits per heavy atom. The third-order valence-corrected chi connectivity index (χ3v) is 2.26. The summed E-state index contributed by atoms with van der Waals surface area (Å²) in [7, 11) is 0. The molecule has 4 N–H and O–H groups in total. The van der Waals surface area contributed by atoms with Crippen molar-refractivity contribution >= 4 is 17.3 Å². The largest absolute Gasteiger partial charge is 0.365 e. The molecule has 0 bridgehead atoms. The summed E-state index contributed by atoms with van der Waals surface area (Å²) in [6.07, 6.45) is 1.46. The lowest BCUT2D eigenvalue weighted by Crippen LogP contribution is -2.24. The highest BCUT2D eigenvalue weighted by Gasteiger charge is 2.12. The maximum atomic E-state index is 11.5. The van der Waals surface area contributed by atoms with Gasteiger partial charge in [0.05, 0.1) is 5.69 Å². The zero-order chi connectivity index (χ0) is 12.3. The van der Waals surface area contributed by atoms with Crippen molar-refractivity contribution in [2.75, 3.05) is 5.32 Å². The van der Waals surface area contributed by atoms with Gasteiger partial charge in [0.2, 0.25) is 0 Å². The van der Waals surface area contributed by atoms with Crippen LogP contribution in [0.5, 0.6) is 0 Å². The van der Waals surface area contributed by atoms with Crippen LogP contribution in [0.25, 0.3) is 0 Å². The molecule has 0 aliphatic rings. The number of amides is 1. The lowest BCUT2D eigenvalue weighted by Gasteiger charge is -2.08. The van der Waals surface area contributed by atoms with Gasteiger partial charge in [-0.05, 0) is 18.2 Å².